The molecular formula is C8H19NO2S. The van der Waals surface area contributed by atoms with Crippen molar-refractivity contribution >= 4 is 9.84 Å². The lowest BCUT2D eigenvalue weighted by Crippen LogP contribution is -2.29. The quantitative estimate of drug-likeness (QED) is 0.625. The molecule has 0 aliphatic heterocycles. The molecule has 0 N–H and O–H groups in total. The molecule has 0 spiro atoms. The van der Waals surface area contributed by atoms with Gasteiger partial charge in [0.2, 0.25) is 0 Å². The Morgan fingerprint density at radius 3 is 2.08 bits per heavy atom. The molecule has 0 aromatic carbocycles. The van der Waals surface area contributed by atoms with Crippen LogP contribution in [0.1, 0.15) is 20.3 Å². The zero-order chi connectivity index (χ0) is 9.61. The summed E-state index contributed by atoms with van der Waals surface area (Å²) in [5.41, 5.74) is 0. The third-order valence-electron chi connectivity index (χ3n) is 1.77. The fourth-order valence-electron chi connectivity index (χ4n) is 1.04. The SMILES string of the molecule is CCCN(CC)CCS(C)(=O)=O. The van der Waals surface area contributed by atoms with Crippen molar-refractivity contribution in [2.45, 2.75) is 20.3 Å². The van der Waals surface area contributed by atoms with E-state index < -0.39 is 9.84 Å². The fraction of sp³-hybridized carbons (Fsp3) is 1.00. The maximum Gasteiger partial charge on any atom is 0.148 e. The normalized spacial score (nSPS) is 12.3. The Balaban J connectivity index is 3.73. The van der Waals surface area contributed by atoms with Crippen molar-refractivity contribution in [1.82, 2.24) is 4.90 Å². The van der Waals surface area contributed by atoms with Crippen molar-refractivity contribution in [3.8, 4) is 0 Å². The van der Waals surface area contributed by atoms with Gasteiger partial charge in [-0.25, -0.2) is 8.42 Å². The first-order chi connectivity index (χ1) is 5.49. The molecule has 0 unspecified atom stereocenters. The second-order valence-electron chi connectivity index (χ2n) is 3.06. The lowest BCUT2D eigenvalue weighted by atomic mass is 10.4. The van der Waals surface area contributed by atoms with Gasteiger partial charge in [-0.2, -0.15) is 0 Å². The highest BCUT2D eigenvalue weighted by molar-refractivity contribution is 7.90. The zero-order valence-electron chi connectivity index (χ0n) is 8.21. The maximum absolute atomic E-state index is 10.8. The monoisotopic (exact) mass is 193 g/mol. The van der Waals surface area contributed by atoms with Crippen LogP contribution in [0.5, 0.6) is 0 Å². The van der Waals surface area contributed by atoms with Crippen molar-refractivity contribution in [2.75, 3.05) is 31.6 Å². The van der Waals surface area contributed by atoms with E-state index >= 15 is 0 Å². The van der Waals surface area contributed by atoms with Crippen LogP contribution in [0, 0.1) is 0 Å². The van der Waals surface area contributed by atoms with Gasteiger partial charge in [-0.3, -0.25) is 0 Å². The summed E-state index contributed by atoms with van der Waals surface area (Å²) in [6.07, 6.45) is 2.37. The van der Waals surface area contributed by atoms with E-state index in [-0.39, 0.29) is 5.75 Å². The summed E-state index contributed by atoms with van der Waals surface area (Å²) in [5, 5.41) is 0. The topological polar surface area (TPSA) is 37.4 Å². The van der Waals surface area contributed by atoms with Crippen molar-refractivity contribution in [3.63, 3.8) is 0 Å². The Morgan fingerprint density at radius 1 is 1.17 bits per heavy atom. The summed E-state index contributed by atoms with van der Waals surface area (Å²) in [5.74, 6) is 0.279. The first kappa shape index (κ1) is 11.9. The summed E-state index contributed by atoms with van der Waals surface area (Å²) >= 11 is 0. The Morgan fingerprint density at radius 2 is 1.75 bits per heavy atom. The molecule has 0 aromatic heterocycles. The third-order valence-corrected chi connectivity index (χ3v) is 2.69. The molecule has 0 fully saturated rings. The lowest BCUT2D eigenvalue weighted by Gasteiger charge is -2.18. The molecule has 74 valence electrons. The first-order valence-corrected chi connectivity index (χ1v) is 6.45. The largest absolute Gasteiger partial charge is 0.303 e. The number of hydrogen-bond acceptors (Lipinski definition) is 3. The second-order valence-corrected chi connectivity index (χ2v) is 5.32. The highest BCUT2D eigenvalue weighted by Crippen LogP contribution is 1.92. The van der Waals surface area contributed by atoms with Gasteiger partial charge in [-0.1, -0.05) is 13.8 Å². The molecule has 0 radical (unpaired) electrons. The average Bonchev–Trinajstić information content (AvgIpc) is 1.96. The molecule has 0 atom stereocenters. The zero-order valence-corrected chi connectivity index (χ0v) is 9.02. The van der Waals surface area contributed by atoms with Crippen LogP contribution in [0.3, 0.4) is 0 Å². The molecule has 4 heteroatoms. The van der Waals surface area contributed by atoms with Gasteiger partial charge in [0.15, 0.2) is 0 Å². The van der Waals surface area contributed by atoms with Gasteiger partial charge < -0.3 is 4.90 Å². The molecule has 0 aromatic rings. The maximum atomic E-state index is 10.8. The molecule has 0 amide bonds. The highest BCUT2D eigenvalue weighted by atomic mass is 32.2. The van der Waals surface area contributed by atoms with Gasteiger partial charge in [0.05, 0.1) is 5.75 Å². The Bertz CT molecular complexity index is 199. The minimum absolute atomic E-state index is 0.279. The summed E-state index contributed by atoms with van der Waals surface area (Å²) in [6.45, 7) is 6.75. The summed E-state index contributed by atoms with van der Waals surface area (Å²) < 4.78 is 21.7. The van der Waals surface area contributed by atoms with Crippen molar-refractivity contribution in [1.29, 1.82) is 0 Å². The van der Waals surface area contributed by atoms with Gasteiger partial charge in [-0.15, -0.1) is 0 Å². The molecule has 0 saturated carbocycles. The van der Waals surface area contributed by atoms with E-state index in [1.807, 2.05) is 0 Å². The van der Waals surface area contributed by atoms with E-state index in [2.05, 4.69) is 18.7 Å². The van der Waals surface area contributed by atoms with Gasteiger partial charge in [0.25, 0.3) is 0 Å². The molecule has 12 heavy (non-hydrogen) atoms. The number of nitrogens with zero attached hydrogens (tertiary/aromatic N) is 1. The van der Waals surface area contributed by atoms with E-state index in [0.29, 0.717) is 6.54 Å². The van der Waals surface area contributed by atoms with E-state index in [1.54, 1.807) is 0 Å². The molecule has 3 nitrogen and oxygen atoms in total. The van der Waals surface area contributed by atoms with Crippen molar-refractivity contribution in [2.24, 2.45) is 0 Å². The molecule has 0 saturated heterocycles. The standard InChI is InChI=1S/C8H19NO2S/c1-4-6-9(5-2)7-8-12(3,10)11/h4-8H2,1-3H3. The predicted octanol–water partition coefficient (Wildman–Crippen LogP) is 0.763. The second kappa shape index (κ2) is 5.54. The van der Waals surface area contributed by atoms with Gasteiger partial charge in [-0.05, 0) is 19.5 Å². The smallest absolute Gasteiger partial charge is 0.148 e. The van der Waals surface area contributed by atoms with E-state index in [0.717, 1.165) is 19.5 Å². The Kier molecular flexibility index (Phi) is 5.50. The van der Waals surface area contributed by atoms with Crippen LogP contribution in [-0.2, 0) is 9.84 Å². The fourth-order valence-corrected chi connectivity index (χ4v) is 1.63. The summed E-state index contributed by atoms with van der Waals surface area (Å²) in [6, 6.07) is 0. The Hall–Kier alpha value is -0.0900. The highest BCUT2D eigenvalue weighted by Gasteiger charge is 2.05. The molecule has 0 aliphatic rings. The van der Waals surface area contributed by atoms with E-state index in [1.165, 1.54) is 6.26 Å². The van der Waals surface area contributed by atoms with Crippen LogP contribution in [-0.4, -0.2) is 45.0 Å². The molecule has 0 aliphatic carbocycles. The van der Waals surface area contributed by atoms with Gasteiger partial charge >= 0.3 is 0 Å². The summed E-state index contributed by atoms with van der Waals surface area (Å²) in [4.78, 5) is 2.15. The molecular weight excluding hydrogens is 174 g/mol. The molecule has 0 rings (SSSR count). The van der Waals surface area contributed by atoms with Crippen LogP contribution in [0.4, 0.5) is 0 Å². The number of sulfone groups is 1. The van der Waals surface area contributed by atoms with Gasteiger partial charge in [0, 0.05) is 12.8 Å². The lowest BCUT2D eigenvalue weighted by molar-refractivity contribution is 0.305. The average molecular weight is 193 g/mol. The summed E-state index contributed by atoms with van der Waals surface area (Å²) in [7, 11) is -2.79. The Labute approximate surface area is 75.7 Å². The minimum Gasteiger partial charge on any atom is -0.303 e. The third kappa shape index (κ3) is 6.61. The first-order valence-electron chi connectivity index (χ1n) is 4.39. The predicted molar refractivity (Wildman–Crippen MR) is 52.1 cm³/mol. The van der Waals surface area contributed by atoms with Gasteiger partial charge in [0.1, 0.15) is 9.84 Å². The van der Waals surface area contributed by atoms with E-state index in [9.17, 15) is 8.42 Å². The van der Waals surface area contributed by atoms with Crippen molar-refractivity contribution in [3.05, 3.63) is 0 Å². The van der Waals surface area contributed by atoms with Crippen LogP contribution in [0.2, 0.25) is 0 Å². The number of rotatable bonds is 6. The van der Waals surface area contributed by atoms with Crippen LogP contribution < -0.4 is 0 Å². The minimum atomic E-state index is -2.79. The van der Waals surface area contributed by atoms with Crippen LogP contribution in [0.25, 0.3) is 0 Å². The molecule has 0 bridgehead atoms. The van der Waals surface area contributed by atoms with Crippen molar-refractivity contribution < 1.29 is 8.42 Å². The van der Waals surface area contributed by atoms with Crippen LogP contribution in [0.15, 0.2) is 0 Å². The van der Waals surface area contributed by atoms with Crippen LogP contribution >= 0.6 is 0 Å². The van der Waals surface area contributed by atoms with E-state index in [4.69, 9.17) is 0 Å². The number of hydrogen-bond donors (Lipinski definition) is 0. The molecule has 0 heterocycles.